The van der Waals surface area contributed by atoms with Crippen LogP contribution in [0.25, 0.3) is 0 Å². The van der Waals surface area contributed by atoms with Gasteiger partial charge in [-0.15, -0.1) is 0 Å². The number of guanidine groups is 1. The number of benzene rings is 1. The van der Waals surface area contributed by atoms with Crippen LogP contribution in [0.15, 0.2) is 29.3 Å². The fourth-order valence-corrected chi connectivity index (χ4v) is 2.05. The molecule has 104 valence electrons. The summed E-state index contributed by atoms with van der Waals surface area (Å²) in [5.41, 5.74) is 8.49. The standard InChI is InChI=1S/C15H24N4/c1-18(2)11-13-6-4-12(5-7-13)10-17-15(16)19(3)14-8-9-14/h4-7,14H,8-11H2,1-3H3,(H2,16,17). The number of rotatable bonds is 5. The average molecular weight is 260 g/mol. The van der Waals surface area contributed by atoms with Crippen LogP contribution in [0.5, 0.6) is 0 Å². The molecule has 0 heterocycles. The summed E-state index contributed by atoms with van der Waals surface area (Å²) in [7, 11) is 6.18. The summed E-state index contributed by atoms with van der Waals surface area (Å²) in [6, 6.07) is 9.20. The molecule has 0 aliphatic heterocycles. The van der Waals surface area contributed by atoms with E-state index in [1.54, 1.807) is 0 Å². The number of nitrogens with two attached hydrogens (primary N) is 1. The van der Waals surface area contributed by atoms with Crippen molar-refractivity contribution < 1.29 is 0 Å². The van der Waals surface area contributed by atoms with E-state index in [2.05, 4.69) is 53.2 Å². The van der Waals surface area contributed by atoms with Crippen molar-refractivity contribution >= 4 is 5.96 Å². The fourth-order valence-electron chi connectivity index (χ4n) is 2.05. The lowest BCUT2D eigenvalue weighted by molar-refractivity contribution is 0.402. The molecule has 1 aliphatic carbocycles. The largest absolute Gasteiger partial charge is 0.370 e. The molecule has 1 aromatic carbocycles. The molecule has 1 aromatic rings. The van der Waals surface area contributed by atoms with Crippen LogP contribution in [0.4, 0.5) is 0 Å². The molecule has 0 bridgehead atoms. The van der Waals surface area contributed by atoms with E-state index in [-0.39, 0.29) is 0 Å². The normalized spacial score (nSPS) is 15.9. The van der Waals surface area contributed by atoms with E-state index in [0.717, 1.165) is 6.54 Å². The summed E-state index contributed by atoms with van der Waals surface area (Å²) >= 11 is 0. The molecular formula is C15H24N4. The molecule has 1 fully saturated rings. The summed E-state index contributed by atoms with van der Waals surface area (Å²) in [5, 5.41) is 0. The van der Waals surface area contributed by atoms with Gasteiger partial charge in [0.25, 0.3) is 0 Å². The number of nitrogens with zero attached hydrogens (tertiary/aromatic N) is 3. The summed E-state index contributed by atoms with van der Waals surface area (Å²) in [4.78, 5) is 8.70. The maximum absolute atomic E-state index is 5.97. The van der Waals surface area contributed by atoms with Gasteiger partial charge in [-0.3, -0.25) is 0 Å². The highest BCUT2D eigenvalue weighted by Gasteiger charge is 2.27. The summed E-state index contributed by atoms with van der Waals surface area (Å²) in [5.74, 6) is 0.653. The SMILES string of the molecule is CN(C)Cc1ccc(CN=C(N)N(C)C2CC2)cc1. The first-order chi connectivity index (χ1) is 9.06. The lowest BCUT2D eigenvalue weighted by Crippen LogP contribution is -2.35. The van der Waals surface area contributed by atoms with Crippen molar-refractivity contribution in [1.82, 2.24) is 9.80 Å². The van der Waals surface area contributed by atoms with Crippen LogP contribution in [0, 0.1) is 0 Å². The minimum atomic E-state index is 0.617. The molecule has 1 saturated carbocycles. The zero-order valence-corrected chi connectivity index (χ0v) is 12.1. The van der Waals surface area contributed by atoms with Gasteiger partial charge in [0.1, 0.15) is 0 Å². The Bertz CT molecular complexity index is 432. The van der Waals surface area contributed by atoms with Crippen LogP contribution >= 0.6 is 0 Å². The van der Waals surface area contributed by atoms with Gasteiger partial charge < -0.3 is 15.5 Å². The Morgan fingerprint density at radius 1 is 1.16 bits per heavy atom. The third kappa shape index (κ3) is 4.24. The number of aliphatic imine (C=N–C) groups is 1. The molecule has 1 aliphatic rings. The predicted octanol–water partition coefficient (Wildman–Crippen LogP) is 1.66. The second-order valence-corrected chi connectivity index (χ2v) is 5.57. The Hall–Kier alpha value is -1.55. The van der Waals surface area contributed by atoms with Crippen molar-refractivity contribution in [3.63, 3.8) is 0 Å². The lowest BCUT2D eigenvalue weighted by atomic mass is 10.1. The molecule has 0 unspecified atom stereocenters. The molecule has 4 nitrogen and oxygen atoms in total. The Kier molecular flexibility index (Phi) is 4.43. The Morgan fingerprint density at radius 3 is 2.26 bits per heavy atom. The minimum Gasteiger partial charge on any atom is -0.370 e. The van der Waals surface area contributed by atoms with Gasteiger partial charge in [0, 0.05) is 19.6 Å². The summed E-state index contributed by atoms with van der Waals surface area (Å²) < 4.78 is 0. The van der Waals surface area contributed by atoms with E-state index in [9.17, 15) is 0 Å². The second kappa shape index (κ2) is 6.06. The quantitative estimate of drug-likeness (QED) is 0.647. The molecule has 0 aromatic heterocycles. The van der Waals surface area contributed by atoms with Crippen molar-refractivity contribution in [2.45, 2.75) is 32.0 Å². The van der Waals surface area contributed by atoms with E-state index in [0.29, 0.717) is 18.5 Å². The van der Waals surface area contributed by atoms with Gasteiger partial charge in [0.2, 0.25) is 0 Å². The molecule has 19 heavy (non-hydrogen) atoms. The Balaban J connectivity index is 1.90. The van der Waals surface area contributed by atoms with Gasteiger partial charge in [-0.05, 0) is 38.1 Å². The number of hydrogen-bond acceptors (Lipinski definition) is 2. The van der Waals surface area contributed by atoms with Gasteiger partial charge in [-0.2, -0.15) is 0 Å². The summed E-state index contributed by atoms with van der Waals surface area (Å²) in [6.07, 6.45) is 2.48. The molecule has 0 spiro atoms. The van der Waals surface area contributed by atoms with E-state index in [4.69, 9.17) is 5.73 Å². The van der Waals surface area contributed by atoms with Crippen molar-refractivity contribution in [1.29, 1.82) is 0 Å². The monoisotopic (exact) mass is 260 g/mol. The molecular weight excluding hydrogens is 236 g/mol. The highest BCUT2D eigenvalue weighted by molar-refractivity contribution is 5.78. The zero-order chi connectivity index (χ0) is 13.8. The second-order valence-electron chi connectivity index (χ2n) is 5.57. The Morgan fingerprint density at radius 2 is 1.74 bits per heavy atom. The van der Waals surface area contributed by atoms with Gasteiger partial charge in [0.05, 0.1) is 6.54 Å². The van der Waals surface area contributed by atoms with E-state index >= 15 is 0 Å². The van der Waals surface area contributed by atoms with Crippen molar-refractivity contribution in [2.24, 2.45) is 10.7 Å². The maximum Gasteiger partial charge on any atom is 0.191 e. The first-order valence-corrected chi connectivity index (χ1v) is 6.81. The zero-order valence-electron chi connectivity index (χ0n) is 12.1. The summed E-state index contributed by atoms with van der Waals surface area (Å²) in [6.45, 7) is 1.63. The van der Waals surface area contributed by atoms with Crippen LogP contribution < -0.4 is 5.73 Å². The van der Waals surface area contributed by atoms with Gasteiger partial charge in [-0.25, -0.2) is 4.99 Å². The van der Waals surface area contributed by atoms with Crippen LogP contribution in [0.2, 0.25) is 0 Å². The van der Waals surface area contributed by atoms with Gasteiger partial charge in [0.15, 0.2) is 5.96 Å². The van der Waals surface area contributed by atoms with Crippen LogP contribution in [0.3, 0.4) is 0 Å². The topological polar surface area (TPSA) is 44.9 Å². The molecule has 0 amide bonds. The molecule has 4 heteroatoms. The first-order valence-electron chi connectivity index (χ1n) is 6.81. The molecule has 0 saturated heterocycles. The van der Waals surface area contributed by atoms with E-state index in [1.807, 2.05) is 7.05 Å². The van der Waals surface area contributed by atoms with Gasteiger partial charge >= 0.3 is 0 Å². The smallest absolute Gasteiger partial charge is 0.191 e. The van der Waals surface area contributed by atoms with Crippen LogP contribution in [-0.2, 0) is 13.1 Å². The molecule has 0 radical (unpaired) electrons. The highest BCUT2D eigenvalue weighted by atomic mass is 15.3. The predicted molar refractivity (Wildman–Crippen MR) is 79.9 cm³/mol. The van der Waals surface area contributed by atoms with E-state index in [1.165, 1.54) is 24.0 Å². The first kappa shape index (κ1) is 13.9. The van der Waals surface area contributed by atoms with Crippen molar-refractivity contribution in [3.8, 4) is 0 Å². The minimum absolute atomic E-state index is 0.617. The van der Waals surface area contributed by atoms with Crippen LogP contribution in [0.1, 0.15) is 24.0 Å². The highest BCUT2D eigenvalue weighted by Crippen LogP contribution is 2.24. The molecule has 0 atom stereocenters. The number of hydrogen-bond donors (Lipinski definition) is 1. The van der Waals surface area contributed by atoms with Crippen molar-refractivity contribution in [2.75, 3.05) is 21.1 Å². The third-order valence-corrected chi connectivity index (χ3v) is 3.40. The maximum atomic E-state index is 5.97. The van der Waals surface area contributed by atoms with Crippen LogP contribution in [-0.4, -0.2) is 42.9 Å². The van der Waals surface area contributed by atoms with Gasteiger partial charge in [-0.1, -0.05) is 24.3 Å². The Labute approximate surface area is 115 Å². The lowest BCUT2D eigenvalue weighted by Gasteiger charge is -2.16. The third-order valence-electron chi connectivity index (χ3n) is 3.40. The average Bonchev–Trinajstić information content (AvgIpc) is 3.20. The van der Waals surface area contributed by atoms with E-state index < -0.39 is 0 Å². The molecule has 2 rings (SSSR count). The van der Waals surface area contributed by atoms with Crippen molar-refractivity contribution in [3.05, 3.63) is 35.4 Å². The fraction of sp³-hybridized carbons (Fsp3) is 0.533. The molecule has 2 N–H and O–H groups in total.